The molecule has 28 heavy (non-hydrogen) atoms. The third kappa shape index (κ3) is 4.42. The molecule has 0 saturated heterocycles. The molecule has 0 atom stereocenters. The van der Waals surface area contributed by atoms with Crippen LogP contribution in [0, 0.1) is 12.7 Å². The van der Waals surface area contributed by atoms with E-state index in [4.69, 9.17) is 0 Å². The van der Waals surface area contributed by atoms with Crippen molar-refractivity contribution in [1.82, 2.24) is 9.78 Å². The molecule has 0 radical (unpaired) electrons. The van der Waals surface area contributed by atoms with Crippen molar-refractivity contribution in [3.8, 4) is 0 Å². The van der Waals surface area contributed by atoms with E-state index in [9.17, 15) is 12.8 Å². The molecule has 0 bridgehead atoms. The van der Waals surface area contributed by atoms with Gasteiger partial charge in [0.15, 0.2) is 0 Å². The summed E-state index contributed by atoms with van der Waals surface area (Å²) in [5.41, 5.74) is 1.63. The smallest absolute Gasteiger partial charge is 0.265 e. The van der Waals surface area contributed by atoms with Gasteiger partial charge in [0, 0.05) is 11.6 Å². The SMILES string of the molecule is Cc1ccc(NS(=O)(=O)c2cn(Cc3ccccc3)nc2C(C)(C)C)cc1F. The van der Waals surface area contributed by atoms with Gasteiger partial charge in [-0.05, 0) is 30.2 Å². The summed E-state index contributed by atoms with van der Waals surface area (Å²) in [6.07, 6.45) is 1.53. The van der Waals surface area contributed by atoms with Crippen LogP contribution >= 0.6 is 0 Å². The maximum Gasteiger partial charge on any atom is 0.265 e. The third-order valence-electron chi connectivity index (χ3n) is 4.34. The summed E-state index contributed by atoms with van der Waals surface area (Å²) in [6, 6.07) is 14.0. The molecule has 0 unspecified atom stereocenters. The Morgan fingerprint density at radius 1 is 1.11 bits per heavy atom. The van der Waals surface area contributed by atoms with Gasteiger partial charge in [0.05, 0.1) is 17.9 Å². The standard InChI is InChI=1S/C21H24FN3O2S/c1-15-10-11-17(12-18(15)22)24-28(26,27)19-14-25(23-20(19)21(2,3)4)13-16-8-6-5-7-9-16/h5-12,14,24H,13H2,1-4H3. The largest absolute Gasteiger partial charge is 0.279 e. The lowest BCUT2D eigenvalue weighted by Crippen LogP contribution is -2.20. The Morgan fingerprint density at radius 2 is 1.79 bits per heavy atom. The van der Waals surface area contributed by atoms with E-state index in [0.717, 1.165) is 5.56 Å². The number of hydrogen-bond acceptors (Lipinski definition) is 3. The first-order valence-electron chi connectivity index (χ1n) is 8.97. The summed E-state index contributed by atoms with van der Waals surface area (Å²) in [4.78, 5) is 0.0944. The molecule has 7 heteroatoms. The molecule has 0 aliphatic carbocycles. The number of rotatable bonds is 5. The molecule has 0 aliphatic rings. The highest BCUT2D eigenvalue weighted by molar-refractivity contribution is 7.92. The van der Waals surface area contributed by atoms with Gasteiger partial charge in [-0.2, -0.15) is 5.10 Å². The molecule has 2 aromatic carbocycles. The van der Waals surface area contributed by atoms with Gasteiger partial charge in [0.25, 0.3) is 10.0 Å². The quantitative estimate of drug-likeness (QED) is 0.686. The molecule has 1 heterocycles. The van der Waals surface area contributed by atoms with E-state index >= 15 is 0 Å². The minimum absolute atomic E-state index is 0.0944. The normalized spacial score (nSPS) is 12.2. The van der Waals surface area contributed by atoms with Crippen molar-refractivity contribution in [2.75, 3.05) is 4.72 Å². The van der Waals surface area contributed by atoms with Crippen LogP contribution in [0.5, 0.6) is 0 Å². The van der Waals surface area contributed by atoms with E-state index in [-0.39, 0.29) is 10.6 Å². The van der Waals surface area contributed by atoms with Crippen molar-refractivity contribution < 1.29 is 12.8 Å². The number of sulfonamides is 1. The minimum atomic E-state index is -3.93. The zero-order valence-electron chi connectivity index (χ0n) is 16.4. The topological polar surface area (TPSA) is 64.0 Å². The third-order valence-corrected chi connectivity index (χ3v) is 5.72. The number of aromatic nitrogens is 2. The van der Waals surface area contributed by atoms with Gasteiger partial charge in [0.2, 0.25) is 0 Å². The van der Waals surface area contributed by atoms with Crippen molar-refractivity contribution in [2.45, 2.75) is 44.6 Å². The number of anilines is 1. The van der Waals surface area contributed by atoms with E-state index < -0.39 is 21.3 Å². The van der Waals surface area contributed by atoms with Gasteiger partial charge in [-0.1, -0.05) is 57.2 Å². The zero-order valence-corrected chi connectivity index (χ0v) is 17.2. The molecule has 5 nitrogen and oxygen atoms in total. The van der Waals surface area contributed by atoms with Gasteiger partial charge in [-0.15, -0.1) is 0 Å². The van der Waals surface area contributed by atoms with Crippen LogP contribution in [-0.2, 0) is 22.0 Å². The summed E-state index contributed by atoms with van der Waals surface area (Å²) in [5, 5.41) is 4.54. The van der Waals surface area contributed by atoms with Crippen LogP contribution in [0.3, 0.4) is 0 Å². The number of benzene rings is 2. The van der Waals surface area contributed by atoms with Crippen LogP contribution in [0.4, 0.5) is 10.1 Å². The highest BCUT2D eigenvalue weighted by atomic mass is 32.2. The first kappa shape index (κ1) is 20.1. The van der Waals surface area contributed by atoms with Crippen molar-refractivity contribution >= 4 is 15.7 Å². The summed E-state index contributed by atoms with van der Waals surface area (Å²) < 4.78 is 44.0. The maximum atomic E-state index is 13.8. The van der Waals surface area contributed by atoms with Crippen LogP contribution in [0.1, 0.15) is 37.6 Å². The Labute approximate surface area is 165 Å². The summed E-state index contributed by atoms with van der Waals surface area (Å²) in [7, 11) is -3.93. The van der Waals surface area contributed by atoms with E-state index in [1.807, 2.05) is 51.1 Å². The molecule has 0 amide bonds. The van der Waals surface area contributed by atoms with Gasteiger partial charge >= 0.3 is 0 Å². The van der Waals surface area contributed by atoms with Crippen LogP contribution in [0.25, 0.3) is 0 Å². The molecular weight excluding hydrogens is 377 g/mol. The second-order valence-electron chi connectivity index (χ2n) is 7.84. The van der Waals surface area contributed by atoms with Crippen LogP contribution in [0.2, 0.25) is 0 Å². The highest BCUT2D eigenvalue weighted by Gasteiger charge is 2.30. The van der Waals surface area contributed by atoms with Gasteiger partial charge in [-0.3, -0.25) is 9.40 Å². The summed E-state index contributed by atoms with van der Waals surface area (Å²) in [5.74, 6) is -0.462. The average molecular weight is 402 g/mol. The Morgan fingerprint density at radius 3 is 2.39 bits per heavy atom. The number of aryl methyl sites for hydroxylation is 1. The second kappa shape index (κ2) is 7.39. The van der Waals surface area contributed by atoms with Gasteiger partial charge in [0.1, 0.15) is 10.7 Å². The Hall–Kier alpha value is -2.67. The average Bonchev–Trinajstić information content (AvgIpc) is 3.04. The molecule has 0 fully saturated rings. The predicted molar refractivity (Wildman–Crippen MR) is 108 cm³/mol. The number of halogens is 1. The lowest BCUT2D eigenvalue weighted by molar-refractivity contribution is 0.533. The summed E-state index contributed by atoms with van der Waals surface area (Å²) >= 11 is 0. The lowest BCUT2D eigenvalue weighted by Gasteiger charge is -2.18. The molecule has 1 N–H and O–H groups in total. The molecule has 0 aliphatic heterocycles. The number of hydrogen-bond donors (Lipinski definition) is 1. The number of nitrogens with one attached hydrogen (secondary N) is 1. The second-order valence-corrected chi connectivity index (χ2v) is 9.50. The van der Waals surface area contributed by atoms with E-state index in [1.165, 1.54) is 18.3 Å². The molecular formula is C21H24FN3O2S. The first-order valence-corrected chi connectivity index (χ1v) is 10.5. The van der Waals surface area contributed by atoms with Crippen LogP contribution in [-0.4, -0.2) is 18.2 Å². The predicted octanol–water partition coefficient (Wildman–Crippen LogP) is 4.48. The van der Waals surface area contributed by atoms with Crippen LogP contribution < -0.4 is 4.72 Å². The fourth-order valence-electron chi connectivity index (χ4n) is 2.84. The fourth-order valence-corrected chi connectivity index (χ4v) is 4.25. The van der Waals surface area contributed by atoms with Crippen molar-refractivity contribution in [2.24, 2.45) is 0 Å². The van der Waals surface area contributed by atoms with Gasteiger partial charge in [-0.25, -0.2) is 12.8 Å². The molecule has 3 aromatic rings. The molecule has 3 rings (SSSR count). The van der Waals surface area contributed by atoms with Crippen LogP contribution in [0.15, 0.2) is 59.6 Å². The monoisotopic (exact) mass is 401 g/mol. The Kier molecular flexibility index (Phi) is 5.30. The van der Waals surface area contributed by atoms with E-state index in [2.05, 4.69) is 9.82 Å². The lowest BCUT2D eigenvalue weighted by atomic mass is 9.92. The summed E-state index contributed by atoms with van der Waals surface area (Å²) in [6.45, 7) is 7.81. The van der Waals surface area contributed by atoms with E-state index in [0.29, 0.717) is 17.8 Å². The Bertz CT molecular complexity index is 1080. The zero-order chi connectivity index (χ0) is 20.5. The highest BCUT2D eigenvalue weighted by Crippen LogP contribution is 2.29. The molecule has 0 spiro atoms. The molecule has 0 saturated carbocycles. The van der Waals surface area contributed by atoms with Gasteiger partial charge < -0.3 is 0 Å². The Balaban J connectivity index is 1.99. The number of nitrogens with zero attached hydrogens (tertiary/aromatic N) is 2. The van der Waals surface area contributed by atoms with Crippen molar-refractivity contribution in [3.05, 3.63) is 77.4 Å². The minimum Gasteiger partial charge on any atom is -0.279 e. The van der Waals surface area contributed by atoms with Crippen molar-refractivity contribution in [3.63, 3.8) is 0 Å². The van der Waals surface area contributed by atoms with E-state index in [1.54, 1.807) is 17.7 Å². The fraction of sp³-hybridized carbons (Fsp3) is 0.286. The maximum absolute atomic E-state index is 13.8. The van der Waals surface area contributed by atoms with Crippen molar-refractivity contribution in [1.29, 1.82) is 0 Å². The molecule has 1 aromatic heterocycles. The molecule has 148 valence electrons. The first-order chi connectivity index (χ1) is 13.1.